The van der Waals surface area contributed by atoms with Gasteiger partial charge in [0.15, 0.2) is 0 Å². The molecule has 0 atom stereocenters. The van der Waals surface area contributed by atoms with E-state index in [1.165, 1.54) is 16.3 Å². The summed E-state index contributed by atoms with van der Waals surface area (Å²) in [6, 6.07) is 14.9. The van der Waals surface area contributed by atoms with Crippen LogP contribution in [0.1, 0.15) is 18.4 Å². The fraction of sp³-hybridized carbons (Fsp3) is 0.250. The molecule has 0 aliphatic rings. The molecule has 0 saturated heterocycles. The van der Waals surface area contributed by atoms with Gasteiger partial charge in [0.1, 0.15) is 0 Å². The van der Waals surface area contributed by atoms with Gasteiger partial charge in [-0.3, -0.25) is 0 Å². The molecule has 0 heterocycles. The first kappa shape index (κ1) is 11.7. The van der Waals surface area contributed by atoms with Crippen molar-refractivity contribution in [2.24, 2.45) is 0 Å². The highest BCUT2D eigenvalue weighted by atomic mass is 14.8. The number of unbranched alkanes of at least 4 members (excludes halogenated alkanes) is 1. The van der Waals surface area contributed by atoms with E-state index in [9.17, 15) is 0 Å². The predicted molar refractivity (Wildman–Crippen MR) is 73.7 cm³/mol. The van der Waals surface area contributed by atoms with Crippen molar-refractivity contribution in [2.75, 3.05) is 6.54 Å². The zero-order chi connectivity index (χ0) is 11.9. The molecular weight excluding hydrogens is 206 g/mol. The third-order valence-corrected chi connectivity index (χ3v) is 2.87. The molecule has 0 aliphatic carbocycles. The minimum absolute atomic E-state index is 0.850. The number of rotatable bonds is 5. The van der Waals surface area contributed by atoms with Gasteiger partial charge < -0.3 is 5.32 Å². The lowest BCUT2D eigenvalue weighted by Gasteiger charge is -2.07. The van der Waals surface area contributed by atoms with Crippen LogP contribution in [0, 0.1) is 12.3 Å². The van der Waals surface area contributed by atoms with Gasteiger partial charge in [-0.15, -0.1) is 12.3 Å². The summed E-state index contributed by atoms with van der Waals surface area (Å²) in [5, 5.41) is 6.07. The van der Waals surface area contributed by atoms with Gasteiger partial charge >= 0.3 is 0 Å². The predicted octanol–water partition coefficient (Wildman–Crippen LogP) is 3.34. The van der Waals surface area contributed by atoms with E-state index in [0.29, 0.717) is 0 Å². The van der Waals surface area contributed by atoms with Crippen LogP contribution in [-0.4, -0.2) is 6.54 Å². The quantitative estimate of drug-likeness (QED) is 0.605. The van der Waals surface area contributed by atoms with Crippen LogP contribution in [0.2, 0.25) is 0 Å². The van der Waals surface area contributed by atoms with E-state index in [1.54, 1.807) is 0 Å². The maximum atomic E-state index is 5.22. The number of fused-ring (bicyclic) bond motifs is 1. The Labute approximate surface area is 103 Å². The first-order valence-corrected chi connectivity index (χ1v) is 6.02. The van der Waals surface area contributed by atoms with Crippen LogP contribution in [0.5, 0.6) is 0 Å². The van der Waals surface area contributed by atoms with Crippen LogP contribution < -0.4 is 5.32 Å². The van der Waals surface area contributed by atoms with Crippen molar-refractivity contribution in [1.82, 2.24) is 5.32 Å². The highest BCUT2D eigenvalue weighted by molar-refractivity contribution is 5.85. The second-order valence-electron chi connectivity index (χ2n) is 4.12. The largest absolute Gasteiger partial charge is 0.313 e. The molecule has 0 aromatic heterocycles. The second kappa shape index (κ2) is 6.08. The van der Waals surface area contributed by atoms with Crippen LogP contribution >= 0.6 is 0 Å². The SMILES string of the molecule is C#CCCCNCc1cccc2ccccc12. The molecule has 2 aromatic rings. The van der Waals surface area contributed by atoms with Crippen LogP contribution in [0.15, 0.2) is 42.5 Å². The summed E-state index contributed by atoms with van der Waals surface area (Å²) in [7, 11) is 0. The molecule has 0 amide bonds. The van der Waals surface area contributed by atoms with Gasteiger partial charge in [0.2, 0.25) is 0 Å². The monoisotopic (exact) mass is 223 g/mol. The van der Waals surface area contributed by atoms with Crippen LogP contribution in [-0.2, 0) is 6.54 Å². The third-order valence-electron chi connectivity index (χ3n) is 2.87. The second-order valence-corrected chi connectivity index (χ2v) is 4.12. The van der Waals surface area contributed by atoms with E-state index in [4.69, 9.17) is 6.42 Å². The molecule has 0 aliphatic heterocycles. The molecule has 0 spiro atoms. The van der Waals surface area contributed by atoms with E-state index >= 15 is 0 Å². The molecule has 0 saturated carbocycles. The van der Waals surface area contributed by atoms with Gasteiger partial charge in [0.05, 0.1) is 0 Å². The van der Waals surface area contributed by atoms with Gasteiger partial charge in [0, 0.05) is 13.0 Å². The smallest absolute Gasteiger partial charge is 0.0211 e. The molecule has 1 heteroatoms. The fourth-order valence-corrected chi connectivity index (χ4v) is 1.99. The van der Waals surface area contributed by atoms with E-state index < -0.39 is 0 Å². The summed E-state index contributed by atoms with van der Waals surface area (Å²) in [6.07, 6.45) is 7.11. The van der Waals surface area contributed by atoms with Crippen molar-refractivity contribution in [3.8, 4) is 12.3 Å². The Morgan fingerprint density at radius 2 is 1.88 bits per heavy atom. The number of hydrogen-bond donors (Lipinski definition) is 1. The van der Waals surface area contributed by atoms with Gasteiger partial charge in [-0.1, -0.05) is 42.5 Å². The molecule has 0 radical (unpaired) electrons. The fourth-order valence-electron chi connectivity index (χ4n) is 1.99. The Bertz CT molecular complexity index is 517. The normalized spacial score (nSPS) is 10.3. The van der Waals surface area contributed by atoms with Gasteiger partial charge in [-0.2, -0.15) is 0 Å². The summed E-state index contributed by atoms with van der Waals surface area (Å²) in [5.74, 6) is 2.66. The Morgan fingerprint density at radius 3 is 2.76 bits per heavy atom. The Hall–Kier alpha value is -1.78. The zero-order valence-electron chi connectivity index (χ0n) is 9.95. The van der Waals surface area contributed by atoms with Crippen LogP contribution in [0.25, 0.3) is 10.8 Å². The van der Waals surface area contributed by atoms with Gasteiger partial charge in [-0.25, -0.2) is 0 Å². The molecule has 2 rings (SSSR count). The lowest BCUT2D eigenvalue weighted by Crippen LogP contribution is -2.14. The first-order valence-electron chi connectivity index (χ1n) is 6.02. The number of nitrogens with one attached hydrogen (secondary N) is 1. The maximum Gasteiger partial charge on any atom is 0.0211 e. The summed E-state index contributed by atoms with van der Waals surface area (Å²) in [6.45, 7) is 1.89. The van der Waals surface area contributed by atoms with Crippen molar-refractivity contribution < 1.29 is 0 Å². The van der Waals surface area contributed by atoms with Crippen molar-refractivity contribution in [1.29, 1.82) is 0 Å². The van der Waals surface area contributed by atoms with Crippen LogP contribution in [0.4, 0.5) is 0 Å². The number of hydrogen-bond acceptors (Lipinski definition) is 1. The highest BCUT2D eigenvalue weighted by Gasteiger charge is 1.98. The summed E-state index contributed by atoms with van der Waals surface area (Å²) < 4.78 is 0. The van der Waals surface area contributed by atoms with Crippen LogP contribution in [0.3, 0.4) is 0 Å². The molecule has 17 heavy (non-hydrogen) atoms. The van der Waals surface area contributed by atoms with Gasteiger partial charge in [-0.05, 0) is 29.3 Å². The number of benzene rings is 2. The molecule has 1 nitrogen and oxygen atoms in total. The highest BCUT2D eigenvalue weighted by Crippen LogP contribution is 2.18. The average Bonchev–Trinajstić information content (AvgIpc) is 2.39. The van der Waals surface area contributed by atoms with E-state index in [-0.39, 0.29) is 0 Å². The Morgan fingerprint density at radius 1 is 1.06 bits per heavy atom. The molecular formula is C16H17N. The zero-order valence-corrected chi connectivity index (χ0v) is 9.95. The average molecular weight is 223 g/mol. The molecule has 0 unspecified atom stereocenters. The summed E-state index contributed by atoms with van der Waals surface area (Å²) in [5.41, 5.74) is 1.35. The molecule has 0 fully saturated rings. The first-order chi connectivity index (χ1) is 8.42. The molecule has 1 N–H and O–H groups in total. The Kier molecular flexibility index (Phi) is 4.18. The van der Waals surface area contributed by atoms with Crippen molar-refractivity contribution in [3.05, 3.63) is 48.0 Å². The molecule has 2 aromatic carbocycles. The molecule has 86 valence electrons. The van der Waals surface area contributed by atoms with E-state index in [0.717, 1.165) is 25.9 Å². The van der Waals surface area contributed by atoms with E-state index in [2.05, 4.69) is 53.7 Å². The minimum atomic E-state index is 0.850. The summed E-state index contributed by atoms with van der Waals surface area (Å²) >= 11 is 0. The van der Waals surface area contributed by atoms with E-state index in [1.807, 2.05) is 0 Å². The van der Waals surface area contributed by atoms with Crippen molar-refractivity contribution >= 4 is 10.8 Å². The standard InChI is InChI=1S/C16H17N/c1-2-3-6-12-17-13-15-10-7-9-14-8-4-5-11-16(14)15/h1,4-5,7-11,17H,3,6,12-13H2. The Balaban J connectivity index is 2.01. The maximum absolute atomic E-state index is 5.22. The minimum Gasteiger partial charge on any atom is -0.313 e. The topological polar surface area (TPSA) is 12.0 Å². The lowest BCUT2D eigenvalue weighted by molar-refractivity contribution is 0.661. The number of terminal acetylenes is 1. The summed E-state index contributed by atoms with van der Waals surface area (Å²) in [4.78, 5) is 0. The van der Waals surface area contributed by atoms with Crippen molar-refractivity contribution in [3.63, 3.8) is 0 Å². The molecule has 0 bridgehead atoms. The third kappa shape index (κ3) is 3.09. The van der Waals surface area contributed by atoms with Crippen molar-refractivity contribution in [2.45, 2.75) is 19.4 Å². The van der Waals surface area contributed by atoms with Gasteiger partial charge in [0.25, 0.3) is 0 Å². The lowest BCUT2D eigenvalue weighted by atomic mass is 10.0.